The number of phenols is 1. The van der Waals surface area contributed by atoms with Crippen molar-refractivity contribution in [3.63, 3.8) is 0 Å². The molecule has 3 nitrogen and oxygen atoms in total. The number of hydrogen-bond donors (Lipinski definition) is 1. The molecule has 3 aromatic carbocycles. The van der Waals surface area contributed by atoms with Crippen molar-refractivity contribution in [3.05, 3.63) is 70.2 Å². The van der Waals surface area contributed by atoms with Crippen LogP contribution in [0.3, 0.4) is 0 Å². The van der Waals surface area contributed by atoms with E-state index in [0.717, 1.165) is 21.9 Å². The fourth-order valence-electron chi connectivity index (χ4n) is 2.73. The lowest BCUT2D eigenvalue weighted by molar-refractivity contribution is 0.318. The van der Waals surface area contributed by atoms with E-state index in [4.69, 9.17) is 4.74 Å². The molecule has 0 aliphatic rings. The van der Waals surface area contributed by atoms with Gasteiger partial charge in [-0.25, -0.2) is 0 Å². The molecule has 4 heteroatoms. The van der Waals surface area contributed by atoms with Gasteiger partial charge in [-0.3, -0.25) is 0 Å². The zero-order valence-electron chi connectivity index (χ0n) is 13.7. The first-order chi connectivity index (χ1) is 12.1. The number of nitriles is 1. The average Bonchev–Trinajstić information content (AvgIpc) is 2.63. The SMILES string of the molecule is CCOc1cc(/C=C(\C#N)c2cccc3ccccc23)c(Br)cc1O. The van der Waals surface area contributed by atoms with Crippen LogP contribution in [0.25, 0.3) is 22.4 Å². The van der Waals surface area contributed by atoms with Gasteiger partial charge in [0.1, 0.15) is 0 Å². The largest absolute Gasteiger partial charge is 0.504 e. The van der Waals surface area contributed by atoms with Crippen molar-refractivity contribution < 1.29 is 9.84 Å². The minimum Gasteiger partial charge on any atom is -0.504 e. The van der Waals surface area contributed by atoms with Crippen molar-refractivity contribution in [1.82, 2.24) is 0 Å². The van der Waals surface area contributed by atoms with Crippen LogP contribution in [-0.2, 0) is 0 Å². The Balaban J connectivity index is 2.16. The maximum atomic E-state index is 9.96. The van der Waals surface area contributed by atoms with Gasteiger partial charge in [0.15, 0.2) is 11.5 Å². The van der Waals surface area contributed by atoms with E-state index in [-0.39, 0.29) is 5.75 Å². The first kappa shape index (κ1) is 17.1. The van der Waals surface area contributed by atoms with Crippen LogP contribution in [0.15, 0.2) is 59.1 Å². The van der Waals surface area contributed by atoms with Crippen LogP contribution in [-0.4, -0.2) is 11.7 Å². The summed E-state index contributed by atoms with van der Waals surface area (Å²) in [5.74, 6) is 0.460. The van der Waals surface area contributed by atoms with Crippen LogP contribution < -0.4 is 4.74 Å². The van der Waals surface area contributed by atoms with E-state index in [2.05, 4.69) is 22.0 Å². The highest BCUT2D eigenvalue weighted by Gasteiger charge is 2.11. The molecule has 0 saturated heterocycles. The van der Waals surface area contributed by atoms with Gasteiger partial charge in [-0.05, 0) is 41.5 Å². The third-order valence-corrected chi connectivity index (χ3v) is 4.56. The van der Waals surface area contributed by atoms with E-state index in [1.807, 2.05) is 49.4 Å². The predicted molar refractivity (Wildman–Crippen MR) is 104 cm³/mol. The van der Waals surface area contributed by atoms with E-state index in [1.54, 1.807) is 18.2 Å². The summed E-state index contributed by atoms with van der Waals surface area (Å²) < 4.78 is 6.14. The van der Waals surface area contributed by atoms with Gasteiger partial charge in [0.25, 0.3) is 0 Å². The summed E-state index contributed by atoms with van der Waals surface area (Å²) in [6.07, 6.45) is 1.80. The van der Waals surface area contributed by atoms with Crippen LogP contribution >= 0.6 is 15.9 Å². The fourth-order valence-corrected chi connectivity index (χ4v) is 3.17. The molecule has 0 amide bonds. The number of halogens is 1. The molecule has 0 aromatic heterocycles. The Morgan fingerprint density at radius 1 is 1.20 bits per heavy atom. The Kier molecular flexibility index (Phi) is 5.06. The van der Waals surface area contributed by atoms with Crippen molar-refractivity contribution >= 4 is 38.4 Å². The molecule has 0 spiro atoms. The zero-order valence-corrected chi connectivity index (χ0v) is 15.2. The standard InChI is InChI=1S/C21H16BrNO2/c1-2-25-21-11-15(19(22)12-20(21)24)10-16(13-23)18-9-5-7-14-6-3-4-8-17(14)18/h3-12,24H,2H2,1H3/b16-10+. The highest BCUT2D eigenvalue weighted by Crippen LogP contribution is 2.35. The number of hydrogen-bond acceptors (Lipinski definition) is 3. The number of aromatic hydroxyl groups is 1. The van der Waals surface area contributed by atoms with Gasteiger partial charge in [0, 0.05) is 10.0 Å². The summed E-state index contributed by atoms with van der Waals surface area (Å²) in [6.45, 7) is 2.31. The van der Waals surface area contributed by atoms with Crippen LogP contribution in [0.4, 0.5) is 0 Å². The van der Waals surface area contributed by atoms with Gasteiger partial charge < -0.3 is 9.84 Å². The van der Waals surface area contributed by atoms with E-state index in [0.29, 0.717) is 22.4 Å². The van der Waals surface area contributed by atoms with E-state index < -0.39 is 0 Å². The summed E-state index contributed by atoms with van der Waals surface area (Å²) in [4.78, 5) is 0. The molecule has 0 bridgehead atoms. The second-order valence-corrected chi connectivity index (χ2v) is 6.33. The van der Waals surface area contributed by atoms with Crippen LogP contribution in [0.5, 0.6) is 11.5 Å². The summed E-state index contributed by atoms with van der Waals surface area (Å²) >= 11 is 3.44. The van der Waals surface area contributed by atoms with Crippen molar-refractivity contribution in [2.24, 2.45) is 0 Å². The Bertz CT molecular complexity index is 997. The molecular formula is C21H16BrNO2. The molecule has 3 aromatic rings. The van der Waals surface area contributed by atoms with Crippen LogP contribution in [0, 0.1) is 11.3 Å². The Labute approximate surface area is 154 Å². The molecule has 0 fully saturated rings. The summed E-state index contributed by atoms with van der Waals surface area (Å²) in [7, 11) is 0. The topological polar surface area (TPSA) is 53.2 Å². The summed E-state index contributed by atoms with van der Waals surface area (Å²) in [6, 6.07) is 19.5. The van der Waals surface area contributed by atoms with Crippen molar-refractivity contribution in [2.75, 3.05) is 6.61 Å². The maximum absolute atomic E-state index is 9.96. The number of benzene rings is 3. The minimum absolute atomic E-state index is 0.0644. The highest BCUT2D eigenvalue weighted by molar-refractivity contribution is 9.10. The lowest BCUT2D eigenvalue weighted by Crippen LogP contribution is -1.93. The van der Waals surface area contributed by atoms with Crippen molar-refractivity contribution in [1.29, 1.82) is 5.26 Å². The molecule has 0 radical (unpaired) electrons. The summed E-state index contributed by atoms with van der Waals surface area (Å²) in [5, 5.41) is 21.8. The molecule has 3 rings (SSSR count). The normalized spacial score (nSPS) is 11.3. The Hall–Kier alpha value is -2.77. The smallest absolute Gasteiger partial charge is 0.161 e. The molecule has 1 N–H and O–H groups in total. The van der Waals surface area contributed by atoms with Crippen LogP contribution in [0.1, 0.15) is 18.1 Å². The Morgan fingerprint density at radius 3 is 2.72 bits per heavy atom. The maximum Gasteiger partial charge on any atom is 0.161 e. The molecule has 0 saturated carbocycles. The number of nitrogens with zero attached hydrogens (tertiary/aromatic N) is 1. The quantitative estimate of drug-likeness (QED) is 0.451. The van der Waals surface area contributed by atoms with Gasteiger partial charge in [-0.1, -0.05) is 58.4 Å². The predicted octanol–water partition coefficient (Wildman–Crippen LogP) is 5.77. The lowest BCUT2D eigenvalue weighted by Gasteiger charge is -2.10. The molecule has 0 atom stereocenters. The molecule has 25 heavy (non-hydrogen) atoms. The van der Waals surface area contributed by atoms with E-state index >= 15 is 0 Å². The third kappa shape index (κ3) is 3.52. The van der Waals surface area contributed by atoms with Crippen LogP contribution in [0.2, 0.25) is 0 Å². The van der Waals surface area contributed by atoms with E-state index in [9.17, 15) is 10.4 Å². The number of rotatable bonds is 4. The molecule has 0 heterocycles. The van der Waals surface area contributed by atoms with Crippen molar-refractivity contribution in [2.45, 2.75) is 6.92 Å². The number of allylic oxidation sites excluding steroid dienone is 1. The second-order valence-electron chi connectivity index (χ2n) is 5.47. The average molecular weight is 394 g/mol. The third-order valence-electron chi connectivity index (χ3n) is 3.88. The van der Waals surface area contributed by atoms with Gasteiger partial charge in [-0.2, -0.15) is 5.26 Å². The van der Waals surface area contributed by atoms with Gasteiger partial charge in [0.05, 0.1) is 18.2 Å². The molecular weight excluding hydrogens is 378 g/mol. The molecule has 0 aliphatic heterocycles. The van der Waals surface area contributed by atoms with E-state index in [1.165, 1.54) is 0 Å². The minimum atomic E-state index is 0.0644. The van der Waals surface area contributed by atoms with Crippen molar-refractivity contribution in [3.8, 4) is 17.6 Å². The van der Waals surface area contributed by atoms with Gasteiger partial charge >= 0.3 is 0 Å². The number of ether oxygens (including phenoxy) is 1. The van der Waals surface area contributed by atoms with Gasteiger partial charge in [-0.15, -0.1) is 0 Å². The molecule has 124 valence electrons. The number of phenolic OH excluding ortho intramolecular Hbond substituents is 1. The second kappa shape index (κ2) is 7.42. The monoisotopic (exact) mass is 393 g/mol. The summed E-state index contributed by atoms with van der Waals surface area (Å²) in [5.41, 5.74) is 2.19. The zero-order chi connectivity index (χ0) is 17.8. The van der Waals surface area contributed by atoms with Gasteiger partial charge in [0.2, 0.25) is 0 Å². The lowest BCUT2D eigenvalue weighted by atomic mass is 9.97. The first-order valence-corrected chi connectivity index (χ1v) is 8.68. The molecule has 0 aliphatic carbocycles. The Morgan fingerprint density at radius 2 is 1.96 bits per heavy atom. The fraction of sp³-hybridized carbons (Fsp3) is 0.0952. The first-order valence-electron chi connectivity index (χ1n) is 7.89. The highest BCUT2D eigenvalue weighted by atomic mass is 79.9. The molecule has 0 unspecified atom stereocenters. The number of fused-ring (bicyclic) bond motifs is 1.